The van der Waals surface area contributed by atoms with E-state index in [4.69, 9.17) is 0 Å². The van der Waals surface area contributed by atoms with Crippen molar-refractivity contribution in [3.05, 3.63) is 36.5 Å². The molecule has 6 heteroatoms. The Balaban J connectivity index is 1.77. The van der Waals surface area contributed by atoms with E-state index in [2.05, 4.69) is 15.6 Å². The first kappa shape index (κ1) is 17.1. The molecule has 0 saturated heterocycles. The van der Waals surface area contributed by atoms with Crippen LogP contribution >= 0.6 is 0 Å². The molecule has 0 atom stereocenters. The number of nitrogens with zero attached hydrogens (tertiary/aromatic N) is 3. The summed E-state index contributed by atoms with van der Waals surface area (Å²) in [5, 5.41) is 20.1. The van der Waals surface area contributed by atoms with Gasteiger partial charge in [-0.2, -0.15) is 0 Å². The second kappa shape index (κ2) is 7.87. The van der Waals surface area contributed by atoms with Gasteiger partial charge in [-0.25, -0.2) is 4.68 Å². The quantitative estimate of drug-likeness (QED) is 0.729. The van der Waals surface area contributed by atoms with Crippen LogP contribution < -0.4 is 5.32 Å². The van der Waals surface area contributed by atoms with Crippen molar-refractivity contribution in [2.45, 2.75) is 33.2 Å². The van der Waals surface area contributed by atoms with Gasteiger partial charge in [0.15, 0.2) is 0 Å². The number of hydrogen-bond donors (Lipinski definition) is 2. The van der Waals surface area contributed by atoms with Crippen molar-refractivity contribution in [1.29, 1.82) is 0 Å². The van der Waals surface area contributed by atoms with Crippen LogP contribution in [0.2, 0.25) is 0 Å². The molecule has 0 aliphatic carbocycles. The first-order valence-corrected chi connectivity index (χ1v) is 7.83. The minimum absolute atomic E-state index is 0.0867. The predicted octanol–water partition coefficient (Wildman–Crippen LogP) is 1.86. The number of carbonyl (C=O) groups is 1. The number of rotatable bonds is 8. The van der Waals surface area contributed by atoms with E-state index in [1.54, 1.807) is 6.20 Å². The van der Waals surface area contributed by atoms with Gasteiger partial charge in [0.1, 0.15) is 12.2 Å². The van der Waals surface area contributed by atoms with Gasteiger partial charge in [-0.3, -0.25) is 4.79 Å². The molecule has 1 amide bonds. The maximum Gasteiger partial charge on any atom is 0.241 e. The molecule has 0 aliphatic rings. The number of aliphatic hydroxyl groups excluding tert-OH is 1. The topological polar surface area (TPSA) is 80.0 Å². The van der Waals surface area contributed by atoms with Crippen molar-refractivity contribution >= 4 is 5.91 Å². The first-order valence-electron chi connectivity index (χ1n) is 7.83. The van der Waals surface area contributed by atoms with E-state index in [0.717, 1.165) is 24.1 Å². The highest BCUT2D eigenvalue weighted by molar-refractivity contribution is 5.75. The second-order valence-electron chi connectivity index (χ2n) is 6.44. The molecule has 1 heterocycles. The molecule has 0 unspecified atom stereocenters. The Labute approximate surface area is 136 Å². The Morgan fingerprint density at radius 1 is 1.30 bits per heavy atom. The Bertz CT molecular complexity index is 623. The summed E-state index contributed by atoms with van der Waals surface area (Å²) >= 11 is 0. The van der Waals surface area contributed by atoms with Gasteiger partial charge in [0.25, 0.3) is 0 Å². The fraction of sp³-hybridized carbons (Fsp3) is 0.471. The number of carbonyl (C=O) groups excluding carboxylic acids is 1. The van der Waals surface area contributed by atoms with Gasteiger partial charge in [-0.15, -0.1) is 5.10 Å². The van der Waals surface area contributed by atoms with Crippen LogP contribution in [0.4, 0.5) is 0 Å². The SMILES string of the molecule is CC(C)(CO)CCCNC(=O)Cn1cc(-c2ccccc2)nn1. The summed E-state index contributed by atoms with van der Waals surface area (Å²) in [5.41, 5.74) is 1.63. The van der Waals surface area contributed by atoms with Gasteiger partial charge < -0.3 is 10.4 Å². The van der Waals surface area contributed by atoms with Gasteiger partial charge in [0, 0.05) is 18.7 Å². The van der Waals surface area contributed by atoms with Crippen LogP contribution in [0.3, 0.4) is 0 Å². The third-order valence-electron chi connectivity index (χ3n) is 3.69. The number of amides is 1. The van der Waals surface area contributed by atoms with E-state index in [0.29, 0.717) is 6.54 Å². The lowest BCUT2D eigenvalue weighted by Gasteiger charge is -2.21. The zero-order valence-corrected chi connectivity index (χ0v) is 13.7. The molecular weight excluding hydrogens is 292 g/mol. The van der Waals surface area contributed by atoms with Crippen LogP contribution in [0, 0.1) is 5.41 Å². The van der Waals surface area contributed by atoms with Crippen molar-refractivity contribution in [3.63, 3.8) is 0 Å². The summed E-state index contributed by atoms with van der Waals surface area (Å²) in [6.07, 6.45) is 3.47. The number of benzene rings is 1. The predicted molar refractivity (Wildman–Crippen MR) is 88.6 cm³/mol. The number of aromatic nitrogens is 3. The highest BCUT2D eigenvalue weighted by atomic mass is 16.3. The molecule has 6 nitrogen and oxygen atoms in total. The maximum atomic E-state index is 11.9. The first-order chi connectivity index (χ1) is 11.0. The fourth-order valence-corrected chi connectivity index (χ4v) is 2.19. The maximum absolute atomic E-state index is 11.9. The highest BCUT2D eigenvalue weighted by Gasteiger charge is 2.15. The van der Waals surface area contributed by atoms with Crippen molar-refractivity contribution in [2.24, 2.45) is 5.41 Å². The van der Waals surface area contributed by atoms with Crippen LogP contribution in [-0.4, -0.2) is 39.2 Å². The number of hydrogen-bond acceptors (Lipinski definition) is 4. The molecule has 0 saturated carbocycles. The van der Waals surface area contributed by atoms with Crippen molar-refractivity contribution in [3.8, 4) is 11.3 Å². The Kier molecular flexibility index (Phi) is 5.87. The van der Waals surface area contributed by atoms with Gasteiger partial charge in [-0.1, -0.05) is 49.4 Å². The normalized spacial score (nSPS) is 11.4. The molecule has 0 spiro atoms. The van der Waals surface area contributed by atoms with Crippen LogP contribution in [0.1, 0.15) is 26.7 Å². The molecule has 124 valence electrons. The summed E-state index contributed by atoms with van der Waals surface area (Å²) in [6, 6.07) is 9.73. The molecule has 0 fully saturated rings. The zero-order valence-electron chi connectivity index (χ0n) is 13.7. The molecule has 2 N–H and O–H groups in total. The summed E-state index contributed by atoms with van der Waals surface area (Å²) in [4.78, 5) is 11.9. The Hall–Kier alpha value is -2.21. The molecule has 2 aromatic rings. The van der Waals surface area contributed by atoms with Gasteiger partial charge >= 0.3 is 0 Å². The average molecular weight is 316 g/mol. The molecule has 1 aromatic heterocycles. The average Bonchev–Trinajstić information content (AvgIpc) is 3.01. The third-order valence-corrected chi connectivity index (χ3v) is 3.69. The molecule has 0 bridgehead atoms. The van der Waals surface area contributed by atoms with E-state index in [-0.39, 0.29) is 24.5 Å². The van der Waals surface area contributed by atoms with Crippen molar-refractivity contribution in [1.82, 2.24) is 20.3 Å². The van der Waals surface area contributed by atoms with Gasteiger partial charge in [0.2, 0.25) is 5.91 Å². The lowest BCUT2D eigenvalue weighted by atomic mass is 9.89. The summed E-state index contributed by atoms with van der Waals surface area (Å²) in [5.74, 6) is -0.0867. The Morgan fingerprint density at radius 3 is 2.74 bits per heavy atom. The van der Waals surface area contributed by atoms with Crippen LogP contribution in [0.5, 0.6) is 0 Å². The largest absolute Gasteiger partial charge is 0.396 e. The van der Waals surface area contributed by atoms with Crippen LogP contribution in [-0.2, 0) is 11.3 Å². The smallest absolute Gasteiger partial charge is 0.241 e. The minimum Gasteiger partial charge on any atom is -0.396 e. The van der Waals surface area contributed by atoms with E-state index >= 15 is 0 Å². The van der Waals surface area contributed by atoms with E-state index in [9.17, 15) is 9.90 Å². The van der Waals surface area contributed by atoms with E-state index in [1.165, 1.54) is 4.68 Å². The third kappa shape index (κ3) is 5.49. The van der Waals surface area contributed by atoms with Gasteiger partial charge in [0.05, 0.1) is 6.20 Å². The van der Waals surface area contributed by atoms with Crippen molar-refractivity contribution in [2.75, 3.05) is 13.2 Å². The molecule has 0 aliphatic heterocycles. The zero-order chi connectivity index (χ0) is 16.7. The minimum atomic E-state index is -0.0960. The van der Waals surface area contributed by atoms with Crippen LogP contribution in [0.25, 0.3) is 11.3 Å². The lowest BCUT2D eigenvalue weighted by molar-refractivity contribution is -0.121. The number of nitrogens with one attached hydrogen (secondary N) is 1. The number of aliphatic hydroxyl groups is 1. The second-order valence-corrected chi connectivity index (χ2v) is 6.44. The standard InChI is InChI=1S/C17H24N4O2/c1-17(2,13-22)9-6-10-18-16(23)12-21-11-15(19-20-21)14-7-4-3-5-8-14/h3-5,7-8,11,22H,6,9-10,12-13H2,1-2H3,(H,18,23). The Morgan fingerprint density at radius 2 is 2.04 bits per heavy atom. The van der Waals surface area contributed by atoms with E-state index in [1.807, 2.05) is 44.2 Å². The fourth-order valence-electron chi connectivity index (χ4n) is 2.19. The molecule has 23 heavy (non-hydrogen) atoms. The molecule has 0 radical (unpaired) electrons. The monoisotopic (exact) mass is 316 g/mol. The highest BCUT2D eigenvalue weighted by Crippen LogP contribution is 2.20. The van der Waals surface area contributed by atoms with E-state index < -0.39 is 0 Å². The summed E-state index contributed by atoms with van der Waals surface area (Å²) in [7, 11) is 0. The molecular formula is C17H24N4O2. The van der Waals surface area contributed by atoms with Crippen LogP contribution in [0.15, 0.2) is 36.5 Å². The molecule has 2 rings (SSSR count). The molecule has 1 aromatic carbocycles. The van der Waals surface area contributed by atoms with Gasteiger partial charge in [-0.05, 0) is 18.3 Å². The van der Waals surface area contributed by atoms with Crippen molar-refractivity contribution < 1.29 is 9.90 Å². The summed E-state index contributed by atoms with van der Waals surface area (Å²) < 4.78 is 1.54. The lowest BCUT2D eigenvalue weighted by Crippen LogP contribution is -2.29. The summed E-state index contributed by atoms with van der Waals surface area (Å²) in [6.45, 7) is 4.93.